The smallest absolute Gasteiger partial charge is 0.243 e. The topological polar surface area (TPSA) is 70.1 Å². The van der Waals surface area contributed by atoms with E-state index >= 15 is 0 Å². The van der Waals surface area contributed by atoms with Crippen molar-refractivity contribution in [2.24, 2.45) is 0 Å². The number of aliphatic hydroxyl groups excluding tert-OH is 1. The molecule has 6 nitrogen and oxygen atoms in total. The summed E-state index contributed by atoms with van der Waals surface area (Å²) in [5.41, 5.74) is 0. The molecule has 1 N–H and O–H groups in total. The first-order chi connectivity index (χ1) is 11.3. The van der Waals surface area contributed by atoms with Crippen LogP contribution in [0.3, 0.4) is 0 Å². The lowest BCUT2D eigenvalue weighted by atomic mass is 10.3. The zero-order valence-corrected chi connectivity index (χ0v) is 15.6. The maximum atomic E-state index is 12.6. The van der Waals surface area contributed by atoms with Crippen LogP contribution < -0.4 is 0 Å². The van der Waals surface area contributed by atoms with E-state index in [1.807, 2.05) is 13.8 Å². The Morgan fingerprint density at radius 3 is 2.50 bits per heavy atom. The van der Waals surface area contributed by atoms with Gasteiger partial charge in [-0.2, -0.15) is 4.31 Å². The summed E-state index contributed by atoms with van der Waals surface area (Å²) in [6.45, 7) is 6.57. The number of rotatable bonds is 7. The Labute approximate surface area is 149 Å². The first-order valence-electron chi connectivity index (χ1n) is 8.07. The summed E-state index contributed by atoms with van der Waals surface area (Å²) in [6.07, 6.45) is -0.483. The maximum absolute atomic E-state index is 12.6. The van der Waals surface area contributed by atoms with Crippen LogP contribution in [-0.4, -0.2) is 74.3 Å². The van der Waals surface area contributed by atoms with E-state index in [4.69, 9.17) is 16.3 Å². The largest absolute Gasteiger partial charge is 0.389 e. The number of piperazine rings is 1. The second-order valence-corrected chi connectivity index (χ2v) is 8.57. The summed E-state index contributed by atoms with van der Waals surface area (Å²) in [5.74, 6) is 0. The SMILES string of the molecule is CC(C)OCC(O)CN1CCN(S(=O)(=O)c2cccc(Cl)c2)CC1. The van der Waals surface area contributed by atoms with Crippen molar-refractivity contribution in [3.8, 4) is 0 Å². The van der Waals surface area contributed by atoms with Crippen LogP contribution in [0.1, 0.15) is 13.8 Å². The molecule has 1 saturated heterocycles. The monoisotopic (exact) mass is 376 g/mol. The lowest BCUT2D eigenvalue weighted by Crippen LogP contribution is -2.50. The van der Waals surface area contributed by atoms with Gasteiger partial charge < -0.3 is 9.84 Å². The molecule has 136 valence electrons. The third-order valence-electron chi connectivity index (χ3n) is 3.86. The van der Waals surface area contributed by atoms with Crippen molar-refractivity contribution < 1.29 is 18.3 Å². The van der Waals surface area contributed by atoms with Crippen molar-refractivity contribution in [3.05, 3.63) is 29.3 Å². The first kappa shape index (κ1) is 19.6. The Morgan fingerprint density at radius 2 is 1.92 bits per heavy atom. The standard InChI is InChI=1S/C16H25ClN2O4S/c1-13(2)23-12-15(20)11-18-6-8-19(9-7-18)24(21,22)16-5-3-4-14(17)10-16/h3-5,10,13,15,20H,6-9,11-12H2,1-2H3. The predicted octanol–water partition coefficient (Wildman–Crippen LogP) is 1.43. The molecular weight excluding hydrogens is 352 g/mol. The van der Waals surface area contributed by atoms with Crippen LogP contribution in [0.5, 0.6) is 0 Å². The van der Waals surface area contributed by atoms with E-state index in [2.05, 4.69) is 4.90 Å². The Balaban J connectivity index is 1.88. The van der Waals surface area contributed by atoms with Gasteiger partial charge in [0.1, 0.15) is 0 Å². The second kappa shape index (κ2) is 8.60. The van der Waals surface area contributed by atoms with E-state index in [1.165, 1.54) is 10.4 Å². The number of aliphatic hydroxyl groups is 1. The van der Waals surface area contributed by atoms with Gasteiger partial charge in [-0.25, -0.2) is 8.42 Å². The molecule has 2 rings (SSSR count). The molecule has 1 aliphatic heterocycles. The molecule has 24 heavy (non-hydrogen) atoms. The molecule has 0 radical (unpaired) electrons. The summed E-state index contributed by atoms with van der Waals surface area (Å²) >= 11 is 5.89. The van der Waals surface area contributed by atoms with Crippen LogP contribution in [0.2, 0.25) is 5.02 Å². The van der Waals surface area contributed by atoms with E-state index < -0.39 is 16.1 Å². The molecule has 1 aromatic rings. The highest BCUT2D eigenvalue weighted by Crippen LogP contribution is 2.20. The number of halogens is 1. The fourth-order valence-corrected chi connectivity index (χ4v) is 4.31. The van der Waals surface area contributed by atoms with E-state index in [1.54, 1.807) is 18.2 Å². The molecule has 0 saturated carbocycles. The minimum atomic E-state index is -3.52. The highest BCUT2D eigenvalue weighted by molar-refractivity contribution is 7.89. The van der Waals surface area contributed by atoms with Crippen LogP contribution >= 0.6 is 11.6 Å². The molecule has 1 aromatic carbocycles. The molecule has 0 aromatic heterocycles. The van der Waals surface area contributed by atoms with Gasteiger partial charge in [-0.3, -0.25) is 4.90 Å². The van der Waals surface area contributed by atoms with Crippen LogP contribution in [0, 0.1) is 0 Å². The summed E-state index contributed by atoms with van der Waals surface area (Å²) in [6, 6.07) is 6.31. The van der Waals surface area contributed by atoms with Crippen LogP contribution in [-0.2, 0) is 14.8 Å². The summed E-state index contributed by atoms with van der Waals surface area (Å²) in [5, 5.41) is 10.4. The van der Waals surface area contributed by atoms with Gasteiger partial charge in [0.15, 0.2) is 0 Å². The van der Waals surface area contributed by atoms with Gasteiger partial charge in [0.05, 0.1) is 23.7 Å². The van der Waals surface area contributed by atoms with Gasteiger partial charge in [-0.1, -0.05) is 17.7 Å². The summed E-state index contributed by atoms with van der Waals surface area (Å²) < 4.78 is 32.1. The summed E-state index contributed by atoms with van der Waals surface area (Å²) in [7, 11) is -3.52. The minimum Gasteiger partial charge on any atom is -0.389 e. The molecule has 1 heterocycles. The number of sulfonamides is 1. The van der Waals surface area contributed by atoms with Crippen LogP contribution in [0.15, 0.2) is 29.2 Å². The molecule has 0 aliphatic carbocycles. The van der Waals surface area contributed by atoms with Gasteiger partial charge in [-0.15, -0.1) is 0 Å². The van der Waals surface area contributed by atoms with E-state index in [0.29, 0.717) is 44.4 Å². The van der Waals surface area contributed by atoms with Gasteiger partial charge in [-0.05, 0) is 32.0 Å². The third kappa shape index (κ3) is 5.40. The average Bonchev–Trinajstić information content (AvgIpc) is 2.53. The van der Waals surface area contributed by atoms with E-state index in [0.717, 1.165) is 0 Å². The molecule has 1 aliphatic rings. The van der Waals surface area contributed by atoms with Crippen LogP contribution in [0.4, 0.5) is 0 Å². The molecule has 0 amide bonds. The quantitative estimate of drug-likeness (QED) is 0.779. The molecular formula is C16H25ClN2O4S. The number of nitrogens with zero attached hydrogens (tertiary/aromatic N) is 2. The fourth-order valence-electron chi connectivity index (χ4n) is 2.58. The first-order valence-corrected chi connectivity index (χ1v) is 9.88. The predicted molar refractivity (Wildman–Crippen MR) is 93.7 cm³/mol. The number of benzene rings is 1. The number of β-amino-alcohol motifs (C(OH)–C–C–N with tert-alkyl or cyclic N) is 1. The van der Waals surface area contributed by atoms with Crippen LogP contribution in [0.25, 0.3) is 0 Å². The van der Waals surface area contributed by atoms with E-state index in [9.17, 15) is 13.5 Å². The van der Waals surface area contributed by atoms with Gasteiger partial charge in [0, 0.05) is 37.7 Å². The molecule has 1 unspecified atom stereocenters. The lowest BCUT2D eigenvalue weighted by Gasteiger charge is -2.35. The van der Waals surface area contributed by atoms with Crippen molar-refractivity contribution >= 4 is 21.6 Å². The zero-order chi connectivity index (χ0) is 17.7. The Bertz CT molecular complexity index is 631. The Morgan fingerprint density at radius 1 is 1.25 bits per heavy atom. The van der Waals surface area contributed by atoms with Crippen molar-refractivity contribution in [3.63, 3.8) is 0 Å². The fraction of sp³-hybridized carbons (Fsp3) is 0.625. The highest BCUT2D eigenvalue weighted by Gasteiger charge is 2.29. The average molecular weight is 377 g/mol. The second-order valence-electron chi connectivity index (χ2n) is 6.20. The molecule has 8 heteroatoms. The normalized spacial score (nSPS) is 18.9. The third-order valence-corrected chi connectivity index (χ3v) is 5.99. The van der Waals surface area contributed by atoms with Gasteiger partial charge in [0.2, 0.25) is 10.0 Å². The van der Waals surface area contributed by atoms with Gasteiger partial charge >= 0.3 is 0 Å². The van der Waals surface area contributed by atoms with Crippen molar-refractivity contribution in [1.82, 2.24) is 9.21 Å². The number of ether oxygens (including phenoxy) is 1. The minimum absolute atomic E-state index is 0.0827. The Hall–Kier alpha value is -0.700. The van der Waals surface area contributed by atoms with Crippen molar-refractivity contribution in [1.29, 1.82) is 0 Å². The molecule has 1 fully saturated rings. The summed E-state index contributed by atoms with van der Waals surface area (Å²) in [4.78, 5) is 2.27. The molecule has 1 atom stereocenters. The van der Waals surface area contributed by atoms with Crippen molar-refractivity contribution in [2.75, 3.05) is 39.3 Å². The highest BCUT2D eigenvalue weighted by atomic mass is 35.5. The van der Waals surface area contributed by atoms with Gasteiger partial charge in [0.25, 0.3) is 0 Å². The molecule has 0 spiro atoms. The maximum Gasteiger partial charge on any atom is 0.243 e. The molecule has 0 bridgehead atoms. The van der Waals surface area contributed by atoms with Crippen molar-refractivity contribution in [2.45, 2.75) is 31.0 Å². The number of hydrogen-bond donors (Lipinski definition) is 1. The Kier molecular flexibility index (Phi) is 7.03. The zero-order valence-electron chi connectivity index (χ0n) is 14.1. The lowest BCUT2D eigenvalue weighted by molar-refractivity contribution is -0.0117. The number of hydrogen-bond acceptors (Lipinski definition) is 5. The van der Waals surface area contributed by atoms with E-state index in [-0.39, 0.29) is 11.0 Å².